The first-order valence-electron chi connectivity index (χ1n) is 11.0. The quantitative estimate of drug-likeness (QED) is 0.414. The SMILES string of the molecule is c1ccc(-c2csc3nc(CN4CCCCC4)nc(NCCCn4ccnn4)c23)cc1. The molecule has 0 unspecified atom stereocenters. The zero-order chi connectivity index (χ0) is 20.9. The molecule has 0 atom stereocenters. The van der Waals surface area contributed by atoms with Gasteiger partial charge in [-0.2, -0.15) is 0 Å². The summed E-state index contributed by atoms with van der Waals surface area (Å²) in [5.41, 5.74) is 2.40. The Hall–Kier alpha value is -2.84. The third-order valence-corrected chi connectivity index (χ3v) is 6.58. The van der Waals surface area contributed by atoms with E-state index in [1.165, 1.54) is 30.4 Å². The van der Waals surface area contributed by atoms with Gasteiger partial charge in [0.05, 0.1) is 18.1 Å². The molecule has 31 heavy (non-hydrogen) atoms. The van der Waals surface area contributed by atoms with E-state index in [-0.39, 0.29) is 0 Å². The average Bonchev–Trinajstić information content (AvgIpc) is 3.48. The van der Waals surface area contributed by atoms with Gasteiger partial charge >= 0.3 is 0 Å². The molecule has 1 aliphatic heterocycles. The highest BCUT2D eigenvalue weighted by atomic mass is 32.1. The number of benzene rings is 1. The Morgan fingerprint density at radius 1 is 1.03 bits per heavy atom. The fourth-order valence-electron chi connectivity index (χ4n) is 4.13. The number of aryl methyl sites for hydroxylation is 1. The summed E-state index contributed by atoms with van der Waals surface area (Å²) in [7, 11) is 0. The molecule has 4 aromatic rings. The van der Waals surface area contributed by atoms with E-state index in [9.17, 15) is 0 Å². The van der Waals surface area contributed by atoms with Crippen LogP contribution in [0.15, 0.2) is 48.1 Å². The first-order valence-corrected chi connectivity index (χ1v) is 11.9. The lowest BCUT2D eigenvalue weighted by atomic mass is 10.1. The predicted octanol–water partition coefficient (Wildman–Crippen LogP) is 4.44. The maximum absolute atomic E-state index is 5.00. The maximum Gasteiger partial charge on any atom is 0.146 e. The smallest absolute Gasteiger partial charge is 0.146 e. The van der Waals surface area contributed by atoms with Crippen molar-refractivity contribution in [2.24, 2.45) is 0 Å². The molecule has 1 saturated heterocycles. The molecule has 4 heterocycles. The Balaban J connectivity index is 1.42. The number of likely N-dealkylation sites (tertiary alicyclic amines) is 1. The fraction of sp³-hybridized carbons (Fsp3) is 0.391. The summed E-state index contributed by atoms with van der Waals surface area (Å²) in [5.74, 6) is 1.85. The van der Waals surface area contributed by atoms with Crippen molar-refractivity contribution in [3.63, 3.8) is 0 Å². The van der Waals surface area contributed by atoms with Gasteiger partial charge in [0.1, 0.15) is 16.5 Å². The van der Waals surface area contributed by atoms with E-state index >= 15 is 0 Å². The van der Waals surface area contributed by atoms with Crippen LogP contribution in [0, 0.1) is 0 Å². The van der Waals surface area contributed by atoms with Gasteiger partial charge in [0.15, 0.2) is 0 Å². The van der Waals surface area contributed by atoms with Crippen LogP contribution in [0.1, 0.15) is 31.5 Å². The lowest BCUT2D eigenvalue weighted by molar-refractivity contribution is 0.216. The Bertz CT molecular complexity index is 1100. The van der Waals surface area contributed by atoms with Crippen LogP contribution in [0.5, 0.6) is 0 Å². The zero-order valence-corrected chi connectivity index (χ0v) is 18.4. The van der Waals surface area contributed by atoms with Crippen molar-refractivity contribution in [1.82, 2.24) is 29.9 Å². The highest BCUT2D eigenvalue weighted by molar-refractivity contribution is 7.17. The number of rotatable bonds is 8. The number of anilines is 1. The van der Waals surface area contributed by atoms with Crippen LogP contribution in [0.2, 0.25) is 0 Å². The second-order valence-electron chi connectivity index (χ2n) is 7.97. The van der Waals surface area contributed by atoms with Crippen LogP contribution >= 0.6 is 11.3 Å². The van der Waals surface area contributed by atoms with Crippen molar-refractivity contribution in [3.05, 3.63) is 53.9 Å². The summed E-state index contributed by atoms with van der Waals surface area (Å²) >= 11 is 1.70. The summed E-state index contributed by atoms with van der Waals surface area (Å²) < 4.78 is 1.86. The van der Waals surface area contributed by atoms with Crippen LogP contribution in [-0.4, -0.2) is 49.5 Å². The van der Waals surface area contributed by atoms with Crippen LogP contribution in [0.4, 0.5) is 5.82 Å². The Labute approximate surface area is 186 Å². The van der Waals surface area contributed by atoms with Crippen molar-refractivity contribution in [1.29, 1.82) is 0 Å². The van der Waals surface area contributed by atoms with E-state index in [4.69, 9.17) is 9.97 Å². The van der Waals surface area contributed by atoms with Crippen LogP contribution in [0.25, 0.3) is 21.3 Å². The highest BCUT2D eigenvalue weighted by Gasteiger charge is 2.18. The lowest BCUT2D eigenvalue weighted by Crippen LogP contribution is -2.30. The van der Waals surface area contributed by atoms with Gasteiger partial charge in [-0.3, -0.25) is 9.58 Å². The molecule has 5 rings (SSSR count). The van der Waals surface area contributed by atoms with Crippen LogP contribution in [-0.2, 0) is 13.1 Å². The van der Waals surface area contributed by atoms with Crippen molar-refractivity contribution < 1.29 is 0 Å². The molecule has 1 fully saturated rings. The molecule has 1 aromatic carbocycles. The molecular formula is C23H27N7S. The Morgan fingerprint density at radius 2 is 1.90 bits per heavy atom. The van der Waals surface area contributed by atoms with E-state index in [2.05, 4.69) is 56.2 Å². The number of nitrogens with zero attached hydrogens (tertiary/aromatic N) is 6. The number of nitrogens with one attached hydrogen (secondary N) is 1. The summed E-state index contributed by atoms with van der Waals surface area (Å²) in [6, 6.07) is 10.5. The Morgan fingerprint density at radius 3 is 2.71 bits per heavy atom. The van der Waals surface area contributed by atoms with Gasteiger partial charge in [0, 0.05) is 30.2 Å². The van der Waals surface area contributed by atoms with E-state index in [1.807, 2.05) is 10.9 Å². The summed E-state index contributed by atoms with van der Waals surface area (Å²) in [5, 5.41) is 14.9. The maximum atomic E-state index is 5.00. The molecular weight excluding hydrogens is 406 g/mol. The summed E-state index contributed by atoms with van der Waals surface area (Å²) in [4.78, 5) is 13.5. The standard InChI is InChI=1S/C23H27N7S/c1-3-8-18(9-4-1)19-17-31-23-21(19)22(24-10-7-14-30-15-11-25-28-30)26-20(27-23)16-29-12-5-2-6-13-29/h1,3-4,8-9,11,15,17H,2,5-7,10,12-14,16H2,(H,24,26,27). The number of thiophene rings is 1. The molecule has 3 aromatic heterocycles. The summed E-state index contributed by atoms with van der Waals surface area (Å²) in [6.45, 7) is 4.75. The van der Waals surface area contributed by atoms with Gasteiger partial charge in [-0.15, -0.1) is 16.4 Å². The molecule has 8 heteroatoms. The van der Waals surface area contributed by atoms with Crippen molar-refractivity contribution in [2.75, 3.05) is 25.0 Å². The third kappa shape index (κ3) is 4.75. The first-order chi connectivity index (χ1) is 15.4. The van der Waals surface area contributed by atoms with Gasteiger partial charge in [0.25, 0.3) is 0 Å². The number of piperidine rings is 1. The number of fused-ring (bicyclic) bond motifs is 1. The minimum absolute atomic E-state index is 0.819. The number of aromatic nitrogens is 5. The largest absolute Gasteiger partial charge is 0.369 e. The van der Waals surface area contributed by atoms with Crippen LogP contribution in [0.3, 0.4) is 0 Å². The Kier molecular flexibility index (Phi) is 6.18. The van der Waals surface area contributed by atoms with Gasteiger partial charge in [-0.1, -0.05) is 42.0 Å². The number of hydrogen-bond donors (Lipinski definition) is 1. The molecule has 1 N–H and O–H groups in total. The molecule has 7 nitrogen and oxygen atoms in total. The molecule has 0 bridgehead atoms. The molecule has 160 valence electrons. The normalized spacial score (nSPS) is 14.8. The lowest BCUT2D eigenvalue weighted by Gasteiger charge is -2.25. The molecule has 0 amide bonds. The fourth-order valence-corrected chi connectivity index (χ4v) is 5.10. The topological polar surface area (TPSA) is 71.8 Å². The third-order valence-electron chi connectivity index (χ3n) is 5.71. The van der Waals surface area contributed by atoms with Gasteiger partial charge in [-0.25, -0.2) is 9.97 Å². The minimum Gasteiger partial charge on any atom is -0.369 e. The van der Waals surface area contributed by atoms with Gasteiger partial charge in [0.2, 0.25) is 0 Å². The monoisotopic (exact) mass is 433 g/mol. The van der Waals surface area contributed by atoms with Crippen LogP contribution < -0.4 is 5.32 Å². The predicted molar refractivity (Wildman–Crippen MR) is 125 cm³/mol. The molecule has 1 aliphatic rings. The summed E-state index contributed by atoms with van der Waals surface area (Å²) in [6.07, 6.45) is 8.43. The van der Waals surface area contributed by atoms with E-state index < -0.39 is 0 Å². The van der Waals surface area contributed by atoms with Crippen molar-refractivity contribution >= 4 is 27.4 Å². The average molecular weight is 434 g/mol. The highest BCUT2D eigenvalue weighted by Crippen LogP contribution is 2.37. The van der Waals surface area contributed by atoms with E-state index in [0.29, 0.717) is 0 Å². The van der Waals surface area contributed by atoms with Gasteiger partial charge in [-0.05, 0) is 37.9 Å². The number of hydrogen-bond acceptors (Lipinski definition) is 7. The molecule has 0 aliphatic carbocycles. The van der Waals surface area contributed by atoms with Crippen molar-refractivity contribution in [2.45, 2.75) is 38.8 Å². The second-order valence-corrected chi connectivity index (χ2v) is 8.83. The first kappa shape index (κ1) is 20.1. The molecule has 0 radical (unpaired) electrons. The van der Waals surface area contributed by atoms with E-state index in [1.54, 1.807) is 17.5 Å². The van der Waals surface area contributed by atoms with Gasteiger partial charge < -0.3 is 5.32 Å². The second kappa shape index (κ2) is 9.53. The van der Waals surface area contributed by atoms with E-state index in [0.717, 1.165) is 61.0 Å². The molecule has 0 spiro atoms. The molecule has 0 saturated carbocycles. The zero-order valence-electron chi connectivity index (χ0n) is 17.6. The minimum atomic E-state index is 0.819. The van der Waals surface area contributed by atoms with Crippen molar-refractivity contribution in [3.8, 4) is 11.1 Å².